The predicted molar refractivity (Wildman–Crippen MR) is 69.6 cm³/mol. The van der Waals surface area contributed by atoms with Crippen molar-refractivity contribution in [1.29, 1.82) is 0 Å². The zero-order valence-corrected chi connectivity index (χ0v) is 10.3. The Balaban J connectivity index is 2.38. The second-order valence-electron chi connectivity index (χ2n) is 3.28. The molecule has 4 N–H and O–H groups in total. The van der Waals surface area contributed by atoms with Crippen LogP contribution in [0.2, 0.25) is 5.02 Å². The first-order chi connectivity index (χ1) is 8.47. The van der Waals surface area contributed by atoms with Crippen molar-refractivity contribution in [2.24, 2.45) is 0 Å². The molecule has 9 heteroatoms. The summed E-state index contributed by atoms with van der Waals surface area (Å²) in [6.45, 7) is 0. The van der Waals surface area contributed by atoms with Crippen molar-refractivity contribution in [3.8, 4) is 5.88 Å². The fourth-order valence-corrected chi connectivity index (χ4v) is 2.07. The summed E-state index contributed by atoms with van der Waals surface area (Å²) in [4.78, 5) is 13.9. The van der Waals surface area contributed by atoms with Crippen molar-refractivity contribution in [3.05, 3.63) is 32.6 Å². The van der Waals surface area contributed by atoms with E-state index in [-0.39, 0.29) is 22.3 Å². The Hall–Kier alpha value is -2.06. The summed E-state index contributed by atoms with van der Waals surface area (Å²) >= 11 is 7.05. The molecular formula is C9H7ClN4O3S. The van der Waals surface area contributed by atoms with Gasteiger partial charge in [0, 0.05) is 6.07 Å². The minimum absolute atomic E-state index is 0.0162. The maximum atomic E-state index is 10.7. The second-order valence-corrected chi connectivity index (χ2v) is 4.55. The van der Waals surface area contributed by atoms with Gasteiger partial charge in [-0.2, -0.15) is 4.98 Å². The number of hydrogen-bond donors (Lipinski definition) is 3. The van der Waals surface area contributed by atoms with E-state index in [9.17, 15) is 10.1 Å². The summed E-state index contributed by atoms with van der Waals surface area (Å²) in [6.07, 6.45) is 0. The molecular weight excluding hydrogens is 280 g/mol. The molecule has 0 saturated heterocycles. The van der Waals surface area contributed by atoms with Gasteiger partial charge in [-0.15, -0.1) is 11.3 Å². The van der Waals surface area contributed by atoms with E-state index in [0.29, 0.717) is 10.8 Å². The minimum atomic E-state index is -0.601. The molecule has 0 bridgehead atoms. The molecule has 0 amide bonds. The highest BCUT2D eigenvalue weighted by molar-refractivity contribution is 7.14. The van der Waals surface area contributed by atoms with Crippen LogP contribution in [0.4, 0.5) is 22.2 Å². The van der Waals surface area contributed by atoms with Gasteiger partial charge in [0.1, 0.15) is 5.69 Å². The molecule has 0 atom stereocenters. The van der Waals surface area contributed by atoms with Crippen LogP contribution < -0.4 is 11.1 Å². The lowest BCUT2D eigenvalue weighted by atomic mass is 10.2. The molecule has 0 aliphatic carbocycles. The molecule has 0 unspecified atom stereocenters. The van der Waals surface area contributed by atoms with Gasteiger partial charge in [-0.05, 0) is 6.07 Å². The number of nitrogens with two attached hydrogens (primary N) is 1. The highest BCUT2D eigenvalue weighted by Gasteiger charge is 2.16. The van der Waals surface area contributed by atoms with Gasteiger partial charge in [0.2, 0.25) is 5.88 Å². The van der Waals surface area contributed by atoms with Crippen molar-refractivity contribution in [2.45, 2.75) is 0 Å². The zero-order valence-electron chi connectivity index (χ0n) is 8.75. The normalized spacial score (nSPS) is 10.3. The van der Waals surface area contributed by atoms with Crippen LogP contribution >= 0.6 is 22.9 Å². The Morgan fingerprint density at radius 3 is 2.83 bits per heavy atom. The number of rotatable bonds is 3. The first-order valence-electron chi connectivity index (χ1n) is 4.62. The van der Waals surface area contributed by atoms with Crippen LogP contribution in [0, 0.1) is 10.1 Å². The number of anilines is 3. The number of nitrogens with one attached hydrogen (secondary N) is 1. The summed E-state index contributed by atoms with van der Waals surface area (Å²) in [5, 5.41) is 24.6. The third-order valence-electron chi connectivity index (χ3n) is 2.05. The Kier molecular flexibility index (Phi) is 3.21. The number of hydrogen-bond acceptors (Lipinski definition) is 7. The molecule has 18 heavy (non-hydrogen) atoms. The van der Waals surface area contributed by atoms with Gasteiger partial charge in [-0.25, -0.2) is 0 Å². The van der Waals surface area contributed by atoms with Gasteiger partial charge in [-0.1, -0.05) is 11.6 Å². The molecule has 1 aromatic heterocycles. The Labute approximate surface area is 110 Å². The van der Waals surface area contributed by atoms with E-state index in [1.165, 1.54) is 17.5 Å². The van der Waals surface area contributed by atoms with Crippen LogP contribution in [0.5, 0.6) is 5.88 Å². The summed E-state index contributed by atoms with van der Waals surface area (Å²) in [5.41, 5.74) is 5.52. The Morgan fingerprint density at radius 1 is 1.56 bits per heavy atom. The molecule has 0 radical (unpaired) electrons. The molecule has 94 valence electrons. The standard InChI is InChI=1S/C9H7ClN4O3S/c10-4-1-5(11)7(14(16)17)2-6(4)12-9-13-8(15)3-18-9/h1-3,15H,11H2,(H,12,13). The lowest BCUT2D eigenvalue weighted by molar-refractivity contribution is -0.383. The highest BCUT2D eigenvalue weighted by Crippen LogP contribution is 2.35. The molecule has 0 fully saturated rings. The van der Waals surface area contributed by atoms with Gasteiger partial charge >= 0.3 is 0 Å². The van der Waals surface area contributed by atoms with E-state index in [2.05, 4.69) is 10.3 Å². The molecule has 2 rings (SSSR count). The summed E-state index contributed by atoms with van der Waals surface area (Å²) in [6, 6.07) is 2.51. The third-order valence-corrected chi connectivity index (χ3v) is 3.10. The maximum Gasteiger partial charge on any atom is 0.294 e. The fraction of sp³-hybridized carbons (Fsp3) is 0. The maximum absolute atomic E-state index is 10.7. The van der Waals surface area contributed by atoms with E-state index < -0.39 is 4.92 Å². The van der Waals surface area contributed by atoms with Crippen LogP contribution in [0.15, 0.2) is 17.5 Å². The number of benzene rings is 1. The van der Waals surface area contributed by atoms with Gasteiger partial charge < -0.3 is 16.2 Å². The predicted octanol–water partition coefficient (Wildman–Crippen LogP) is 2.74. The first kappa shape index (κ1) is 12.4. The molecule has 7 nitrogen and oxygen atoms in total. The van der Waals surface area contributed by atoms with Gasteiger partial charge in [0.15, 0.2) is 5.13 Å². The SMILES string of the molecule is Nc1cc(Cl)c(Nc2nc(O)cs2)cc1[N+](=O)[O-]. The molecule has 0 aliphatic rings. The van der Waals surface area contributed by atoms with Gasteiger partial charge in [-0.3, -0.25) is 10.1 Å². The van der Waals surface area contributed by atoms with Crippen LogP contribution in [-0.4, -0.2) is 15.0 Å². The minimum Gasteiger partial charge on any atom is -0.493 e. The smallest absolute Gasteiger partial charge is 0.294 e. The average Bonchev–Trinajstić information content (AvgIpc) is 2.67. The molecule has 1 heterocycles. The largest absolute Gasteiger partial charge is 0.493 e. The lowest BCUT2D eigenvalue weighted by Gasteiger charge is -2.06. The van der Waals surface area contributed by atoms with Crippen molar-refractivity contribution in [3.63, 3.8) is 0 Å². The molecule has 2 aromatic rings. The number of nitrogens with zero attached hydrogens (tertiary/aromatic N) is 2. The number of nitrogen functional groups attached to an aromatic ring is 1. The second kappa shape index (κ2) is 4.67. The van der Waals surface area contributed by atoms with Crippen molar-refractivity contribution < 1.29 is 10.0 Å². The number of halogens is 1. The van der Waals surface area contributed by atoms with E-state index in [1.54, 1.807) is 0 Å². The molecule has 0 aliphatic heterocycles. The van der Waals surface area contributed by atoms with E-state index >= 15 is 0 Å². The van der Waals surface area contributed by atoms with Crippen molar-refractivity contribution in [2.75, 3.05) is 11.1 Å². The number of aromatic nitrogens is 1. The van der Waals surface area contributed by atoms with Crippen LogP contribution in [-0.2, 0) is 0 Å². The Morgan fingerprint density at radius 2 is 2.28 bits per heavy atom. The third kappa shape index (κ3) is 2.44. The summed E-state index contributed by atoms with van der Waals surface area (Å²) in [5.74, 6) is -0.136. The zero-order chi connectivity index (χ0) is 13.3. The van der Waals surface area contributed by atoms with Gasteiger partial charge in [0.25, 0.3) is 5.69 Å². The topological polar surface area (TPSA) is 114 Å². The van der Waals surface area contributed by atoms with Crippen molar-refractivity contribution >= 4 is 45.1 Å². The monoisotopic (exact) mass is 286 g/mol. The molecule has 0 saturated carbocycles. The number of thiazole rings is 1. The summed E-state index contributed by atoms with van der Waals surface area (Å²) in [7, 11) is 0. The van der Waals surface area contributed by atoms with Crippen LogP contribution in [0.1, 0.15) is 0 Å². The van der Waals surface area contributed by atoms with E-state index in [4.69, 9.17) is 22.4 Å². The first-order valence-corrected chi connectivity index (χ1v) is 5.88. The van der Waals surface area contributed by atoms with E-state index in [1.807, 2.05) is 0 Å². The fourth-order valence-electron chi connectivity index (χ4n) is 1.27. The average molecular weight is 287 g/mol. The molecule has 1 aromatic carbocycles. The highest BCUT2D eigenvalue weighted by atomic mass is 35.5. The number of nitro benzene ring substituents is 1. The summed E-state index contributed by atoms with van der Waals surface area (Å²) < 4.78 is 0. The Bertz CT molecular complexity index is 616. The van der Waals surface area contributed by atoms with Gasteiger partial charge in [0.05, 0.1) is 21.0 Å². The van der Waals surface area contributed by atoms with E-state index in [0.717, 1.165) is 11.3 Å². The van der Waals surface area contributed by atoms with Crippen LogP contribution in [0.3, 0.4) is 0 Å². The quantitative estimate of drug-likeness (QED) is 0.454. The number of aromatic hydroxyl groups is 1. The van der Waals surface area contributed by atoms with Crippen molar-refractivity contribution in [1.82, 2.24) is 4.98 Å². The lowest BCUT2D eigenvalue weighted by Crippen LogP contribution is -1.98. The van der Waals surface area contributed by atoms with Crippen LogP contribution in [0.25, 0.3) is 0 Å². The molecule has 0 spiro atoms. The number of nitro groups is 1.